The number of hydrogen-bond acceptors (Lipinski definition) is 7. The molecule has 29 heavy (non-hydrogen) atoms. The number of rotatable bonds is 6. The molecule has 8 nitrogen and oxygen atoms in total. The number of likely N-dealkylation sites (tertiary alicyclic amines) is 1. The highest BCUT2D eigenvalue weighted by atomic mass is 16.6. The van der Waals surface area contributed by atoms with Gasteiger partial charge < -0.3 is 23.8 Å². The Morgan fingerprint density at radius 3 is 2.59 bits per heavy atom. The van der Waals surface area contributed by atoms with E-state index >= 15 is 0 Å². The molecule has 158 valence electrons. The normalized spacial score (nSPS) is 17.8. The Morgan fingerprint density at radius 2 is 1.90 bits per heavy atom. The standard InChI is InChI=1S/C21H27NO7/c1-21(2)11-15-5-4-6-16(19(15)29-21)27-13-18(24)28-12-17(23)22-9-7-14(8-10-22)20(25)26-3/h4-6,14H,7-13H2,1-3H3. The first-order valence-corrected chi connectivity index (χ1v) is 9.74. The van der Waals surface area contributed by atoms with Gasteiger partial charge in [0.1, 0.15) is 5.60 Å². The second kappa shape index (κ2) is 8.71. The van der Waals surface area contributed by atoms with Crippen LogP contribution in [0.3, 0.4) is 0 Å². The van der Waals surface area contributed by atoms with Crippen LogP contribution in [0.5, 0.6) is 11.5 Å². The third-order valence-corrected chi connectivity index (χ3v) is 5.14. The Bertz CT molecular complexity index is 781. The molecule has 2 aliphatic heterocycles. The predicted octanol–water partition coefficient (Wildman–Crippen LogP) is 1.73. The molecule has 0 radical (unpaired) electrons. The number of piperidine rings is 1. The van der Waals surface area contributed by atoms with Crippen molar-refractivity contribution >= 4 is 17.8 Å². The molecule has 2 aliphatic rings. The third-order valence-electron chi connectivity index (χ3n) is 5.14. The quantitative estimate of drug-likeness (QED) is 0.666. The third kappa shape index (κ3) is 5.19. The van der Waals surface area contributed by atoms with Crippen LogP contribution in [0.25, 0.3) is 0 Å². The summed E-state index contributed by atoms with van der Waals surface area (Å²) < 4.78 is 21.2. The van der Waals surface area contributed by atoms with Crippen LogP contribution in [0.15, 0.2) is 18.2 Å². The van der Waals surface area contributed by atoms with E-state index in [9.17, 15) is 14.4 Å². The van der Waals surface area contributed by atoms with Crippen LogP contribution >= 0.6 is 0 Å². The van der Waals surface area contributed by atoms with Gasteiger partial charge in [0.2, 0.25) is 0 Å². The molecule has 8 heteroatoms. The lowest BCUT2D eigenvalue weighted by atomic mass is 9.97. The minimum Gasteiger partial charge on any atom is -0.483 e. The van der Waals surface area contributed by atoms with Crippen molar-refractivity contribution in [2.75, 3.05) is 33.4 Å². The molecule has 1 aromatic carbocycles. The summed E-state index contributed by atoms with van der Waals surface area (Å²) in [6.07, 6.45) is 1.86. The van der Waals surface area contributed by atoms with E-state index in [1.165, 1.54) is 7.11 Å². The van der Waals surface area contributed by atoms with Crippen molar-refractivity contribution in [2.24, 2.45) is 5.92 Å². The SMILES string of the molecule is COC(=O)C1CCN(C(=O)COC(=O)COc2cccc3c2OC(C)(C)C3)CC1. The van der Waals surface area contributed by atoms with E-state index in [0.29, 0.717) is 37.4 Å². The van der Waals surface area contributed by atoms with Crippen LogP contribution < -0.4 is 9.47 Å². The molecule has 1 aromatic rings. The molecule has 2 heterocycles. The molecule has 0 bridgehead atoms. The summed E-state index contributed by atoms with van der Waals surface area (Å²) in [5.41, 5.74) is 0.724. The van der Waals surface area contributed by atoms with Gasteiger partial charge in [-0.15, -0.1) is 0 Å². The number of esters is 2. The van der Waals surface area contributed by atoms with E-state index in [1.54, 1.807) is 11.0 Å². The Labute approximate surface area is 170 Å². The van der Waals surface area contributed by atoms with Crippen molar-refractivity contribution < 1.29 is 33.3 Å². The van der Waals surface area contributed by atoms with E-state index in [2.05, 4.69) is 0 Å². The van der Waals surface area contributed by atoms with Gasteiger partial charge in [-0.1, -0.05) is 12.1 Å². The van der Waals surface area contributed by atoms with Gasteiger partial charge in [0.05, 0.1) is 13.0 Å². The summed E-state index contributed by atoms with van der Waals surface area (Å²) in [6.45, 7) is 4.21. The first-order valence-electron chi connectivity index (χ1n) is 9.74. The zero-order valence-corrected chi connectivity index (χ0v) is 17.1. The summed E-state index contributed by atoms with van der Waals surface area (Å²) in [5.74, 6) is -0.207. The maximum atomic E-state index is 12.2. The number of carbonyl (C=O) groups excluding carboxylic acids is 3. The molecule has 0 aliphatic carbocycles. The lowest BCUT2D eigenvalue weighted by Gasteiger charge is -2.30. The van der Waals surface area contributed by atoms with Crippen LogP contribution in [0.4, 0.5) is 0 Å². The van der Waals surface area contributed by atoms with Gasteiger partial charge in [-0.3, -0.25) is 9.59 Å². The van der Waals surface area contributed by atoms with Crippen LogP contribution in [0.1, 0.15) is 32.3 Å². The smallest absolute Gasteiger partial charge is 0.344 e. The maximum Gasteiger partial charge on any atom is 0.344 e. The fraction of sp³-hybridized carbons (Fsp3) is 0.571. The second-order valence-corrected chi connectivity index (χ2v) is 7.91. The number of benzene rings is 1. The number of hydrogen-bond donors (Lipinski definition) is 0. The highest BCUT2D eigenvalue weighted by molar-refractivity contribution is 5.81. The summed E-state index contributed by atoms with van der Waals surface area (Å²) in [7, 11) is 1.36. The zero-order valence-electron chi connectivity index (χ0n) is 17.1. The monoisotopic (exact) mass is 405 g/mol. The predicted molar refractivity (Wildman–Crippen MR) is 103 cm³/mol. The highest BCUT2D eigenvalue weighted by Gasteiger charge is 2.32. The van der Waals surface area contributed by atoms with E-state index in [0.717, 1.165) is 12.0 Å². The molecule has 1 amide bonds. The van der Waals surface area contributed by atoms with E-state index in [1.807, 2.05) is 26.0 Å². The number of carbonyl (C=O) groups is 3. The zero-order chi connectivity index (χ0) is 21.0. The number of ether oxygens (including phenoxy) is 4. The summed E-state index contributed by atoms with van der Waals surface area (Å²) in [6, 6.07) is 5.56. The number of amides is 1. The Kier molecular flexibility index (Phi) is 6.30. The average molecular weight is 405 g/mol. The van der Waals surface area contributed by atoms with Gasteiger partial charge >= 0.3 is 11.9 Å². The number of methoxy groups -OCH3 is 1. The van der Waals surface area contributed by atoms with Crippen molar-refractivity contribution in [2.45, 2.75) is 38.7 Å². The molecule has 0 unspecified atom stereocenters. The van der Waals surface area contributed by atoms with E-state index in [-0.39, 0.29) is 36.6 Å². The Hall–Kier alpha value is -2.77. The van der Waals surface area contributed by atoms with E-state index < -0.39 is 5.97 Å². The molecular formula is C21H27NO7. The summed E-state index contributed by atoms with van der Waals surface area (Å²) in [4.78, 5) is 37.3. The fourth-order valence-corrected chi connectivity index (χ4v) is 3.64. The van der Waals surface area contributed by atoms with Crippen molar-refractivity contribution in [1.29, 1.82) is 0 Å². The maximum absolute atomic E-state index is 12.2. The van der Waals surface area contributed by atoms with Crippen molar-refractivity contribution in [1.82, 2.24) is 4.90 Å². The van der Waals surface area contributed by atoms with Crippen LogP contribution in [-0.4, -0.2) is 61.8 Å². The molecule has 0 aromatic heterocycles. The summed E-state index contributed by atoms with van der Waals surface area (Å²) >= 11 is 0. The molecule has 0 atom stereocenters. The van der Waals surface area contributed by atoms with Gasteiger partial charge in [-0.05, 0) is 32.8 Å². The van der Waals surface area contributed by atoms with Crippen molar-refractivity contribution in [3.05, 3.63) is 23.8 Å². The number of nitrogens with zero attached hydrogens (tertiary/aromatic N) is 1. The fourth-order valence-electron chi connectivity index (χ4n) is 3.64. The molecular weight excluding hydrogens is 378 g/mol. The summed E-state index contributed by atoms with van der Waals surface area (Å²) in [5, 5.41) is 0. The van der Waals surface area contributed by atoms with Crippen LogP contribution in [-0.2, 0) is 30.3 Å². The Morgan fingerprint density at radius 1 is 1.17 bits per heavy atom. The van der Waals surface area contributed by atoms with Crippen LogP contribution in [0.2, 0.25) is 0 Å². The van der Waals surface area contributed by atoms with E-state index in [4.69, 9.17) is 18.9 Å². The first kappa shape index (κ1) is 21.0. The van der Waals surface area contributed by atoms with Crippen molar-refractivity contribution in [3.8, 4) is 11.5 Å². The molecule has 0 spiro atoms. The van der Waals surface area contributed by atoms with Gasteiger partial charge in [-0.2, -0.15) is 0 Å². The molecule has 0 saturated carbocycles. The van der Waals surface area contributed by atoms with Crippen LogP contribution in [0, 0.1) is 5.92 Å². The molecule has 0 N–H and O–H groups in total. The number of fused-ring (bicyclic) bond motifs is 1. The molecule has 1 fully saturated rings. The molecule has 1 saturated heterocycles. The van der Waals surface area contributed by atoms with Gasteiger partial charge in [0.15, 0.2) is 24.7 Å². The average Bonchev–Trinajstić information content (AvgIpc) is 3.04. The van der Waals surface area contributed by atoms with Gasteiger partial charge in [0, 0.05) is 25.1 Å². The highest BCUT2D eigenvalue weighted by Crippen LogP contribution is 2.41. The van der Waals surface area contributed by atoms with Gasteiger partial charge in [-0.25, -0.2) is 4.79 Å². The second-order valence-electron chi connectivity index (χ2n) is 7.91. The van der Waals surface area contributed by atoms with Crippen molar-refractivity contribution in [3.63, 3.8) is 0 Å². The molecule has 3 rings (SSSR count). The lowest BCUT2D eigenvalue weighted by molar-refractivity contribution is -0.155. The Balaban J connectivity index is 1.42. The topological polar surface area (TPSA) is 91.4 Å². The number of para-hydroxylation sites is 1. The minimum atomic E-state index is -0.627. The van der Waals surface area contributed by atoms with Gasteiger partial charge in [0.25, 0.3) is 5.91 Å². The largest absolute Gasteiger partial charge is 0.483 e. The minimum absolute atomic E-state index is 0.181. The first-order chi connectivity index (χ1) is 13.8. The lowest BCUT2D eigenvalue weighted by Crippen LogP contribution is -2.42.